The van der Waals surface area contributed by atoms with E-state index >= 15 is 0 Å². The maximum Gasteiger partial charge on any atom is 0.0471 e. The molecule has 0 aromatic rings. The molecule has 65 valence electrons. The van der Waals surface area contributed by atoms with Crippen LogP contribution in [0.3, 0.4) is 0 Å². The van der Waals surface area contributed by atoms with E-state index in [-0.39, 0.29) is 0 Å². The predicted octanol–water partition coefficient (Wildman–Crippen LogP) is 0.915. The van der Waals surface area contributed by atoms with E-state index < -0.39 is 0 Å². The molecule has 1 heterocycles. The van der Waals surface area contributed by atoms with Crippen LogP contribution in [0.15, 0.2) is 0 Å². The summed E-state index contributed by atoms with van der Waals surface area (Å²) in [5.41, 5.74) is 0. The van der Waals surface area contributed by atoms with Gasteiger partial charge in [0.2, 0.25) is 0 Å². The molecular weight excluding hydrogens is 138 g/mol. The highest BCUT2D eigenvalue weighted by Crippen LogP contribution is 2.16. The van der Waals surface area contributed by atoms with Crippen molar-refractivity contribution >= 4 is 0 Å². The molecule has 1 atom stereocenters. The van der Waals surface area contributed by atoms with Crippen molar-refractivity contribution in [2.75, 3.05) is 26.2 Å². The number of aliphatic hydroxyl groups excluding tert-OH is 1. The van der Waals surface area contributed by atoms with Gasteiger partial charge in [-0.1, -0.05) is 13.8 Å². The zero-order valence-electron chi connectivity index (χ0n) is 7.51. The highest BCUT2D eigenvalue weighted by Gasteiger charge is 2.21. The minimum atomic E-state index is 0.360. The summed E-state index contributed by atoms with van der Waals surface area (Å²) in [6.45, 7) is 8.03. The van der Waals surface area contributed by atoms with Crippen LogP contribution in [0.2, 0.25) is 0 Å². The quantitative estimate of drug-likeness (QED) is 0.656. The number of hydrogen-bond acceptors (Lipinski definition) is 2. The molecule has 0 bridgehead atoms. The Morgan fingerprint density at radius 2 is 2.27 bits per heavy atom. The second kappa shape index (κ2) is 4.07. The lowest BCUT2D eigenvalue weighted by Crippen LogP contribution is -2.24. The van der Waals surface area contributed by atoms with Crippen molar-refractivity contribution in [3.8, 4) is 0 Å². The van der Waals surface area contributed by atoms with E-state index in [1.54, 1.807) is 0 Å². The summed E-state index contributed by atoms with van der Waals surface area (Å²) >= 11 is 0. The van der Waals surface area contributed by atoms with Crippen LogP contribution < -0.4 is 0 Å². The molecule has 2 nitrogen and oxygen atoms in total. The molecule has 0 aliphatic carbocycles. The van der Waals surface area contributed by atoms with Gasteiger partial charge in [0.05, 0.1) is 0 Å². The third-order valence-corrected chi connectivity index (χ3v) is 2.17. The van der Waals surface area contributed by atoms with Crippen LogP contribution in [0.5, 0.6) is 0 Å². The number of hydrogen-bond donors (Lipinski definition) is 1. The van der Waals surface area contributed by atoms with Gasteiger partial charge in [-0.25, -0.2) is 0 Å². The smallest absolute Gasteiger partial charge is 0.0471 e. The molecule has 1 rings (SSSR count). The topological polar surface area (TPSA) is 23.5 Å². The van der Waals surface area contributed by atoms with Crippen LogP contribution in [0.1, 0.15) is 20.3 Å². The Labute approximate surface area is 69.2 Å². The van der Waals surface area contributed by atoms with E-state index in [0.717, 1.165) is 19.6 Å². The molecule has 1 fully saturated rings. The van der Waals surface area contributed by atoms with Crippen molar-refractivity contribution in [2.45, 2.75) is 20.3 Å². The van der Waals surface area contributed by atoms with Crippen LogP contribution in [0, 0.1) is 11.8 Å². The van der Waals surface area contributed by atoms with Crippen molar-refractivity contribution in [3.05, 3.63) is 5.92 Å². The monoisotopic (exact) mass is 156 g/mol. The molecule has 0 aromatic heterocycles. The molecule has 11 heavy (non-hydrogen) atoms. The van der Waals surface area contributed by atoms with E-state index in [4.69, 9.17) is 5.11 Å². The van der Waals surface area contributed by atoms with Crippen LogP contribution in [-0.2, 0) is 0 Å². The first-order chi connectivity index (χ1) is 5.22. The van der Waals surface area contributed by atoms with Crippen molar-refractivity contribution in [3.63, 3.8) is 0 Å². The lowest BCUT2D eigenvalue weighted by molar-refractivity contribution is 0.223. The van der Waals surface area contributed by atoms with Gasteiger partial charge in [-0.15, -0.1) is 0 Å². The van der Waals surface area contributed by atoms with E-state index in [1.807, 2.05) is 0 Å². The van der Waals surface area contributed by atoms with Crippen LogP contribution >= 0.6 is 0 Å². The molecule has 0 aromatic carbocycles. The Morgan fingerprint density at radius 1 is 1.55 bits per heavy atom. The molecule has 0 spiro atoms. The van der Waals surface area contributed by atoms with Gasteiger partial charge >= 0.3 is 0 Å². The van der Waals surface area contributed by atoms with E-state index in [1.165, 1.54) is 12.3 Å². The van der Waals surface area contributed by atoms with Crippen molar-refractivity contribution in [2.24, 2.45) is 5.92 Å². The van der Waals surface area contributed by atoms with Gasteiger partial charge in [0, 0.05) is 19.7 Å². The lowest BCUT2D eigenvalue weighted by Gasteiger charge is -2.17. The first kappa shape index (κ1) is 9.01. The van der Waals surface area contributed by atoms with Gasteiger partial charge in [0.25, 0.3) is 0 Å². The molecule has 1 N–H and O–H groups in total. The zero-order chi connectivity index (χ0) is 8.27. The van der Waals surface area contributed by atoms with Gasteiger partial charge < -0.3 is 10.0 Å². The van der Waals surface area contributed by atoms with Gasteiger partial charge in [-0.05, 0) is 24.8 Å². The average molecular weight is 156 g/mol. The standard InChI is InChI=1S/C9H18NO/c1-8(2)5-10-4-3-9(6-10)7-11/h9,11H,3-7H2,1-2H3/t9-/m1/s1. The minimum absolute atomic E-state index is 0.360. The maximum absolute atomic E-state index is 8.88. The summed E-state index contributed by atoms with van der Waals surface area (Å²) in [5, 5.41) is 8.88. The van der Waals surface area contributed by atoms with E-state index in [2.05, 4.69) is 18.7 Å². The number of rotatable bonds is 3. The van der Waals surface area contributed by atoms with E-state index in [0.29, 0.717) is 12.5 Å². The second-order valence-corrected chi connectivity index (χ2v) is 3.78. The zero-order valence-corrected chi connectivity index (χ0v) is 7.51. The summed E-state index contributed by atoms with van der Waals surface area (Å²) in [6, 6.07) is 0. The van der Waals surface area contributed by atoms with E-state index in [9.17, 15) is 0 Å². The first-order valence-electron chi connectivity index (χ1n) is 4.34. The molecule has 0 amide bonds. The van der Waals surface area contributed by atoms with Crippen LogP contribution in [0.4, 0.5) is 0 Å². The largest absolute Gasteiger partial charge is 0.396 e. The molecular formula is C9H18NO. The summed E-state index contributed by atoms with van der Waals surface area (Å²) in [5.74, 6) is 2.00. The number of aliphatic hydroxyl groups is 1. The van der Waals surface area contributed by atoms with Gasteiger partial charge in [-0.2, -0.15) is 0 Å². The highest BCUT2D eigenvalue weighted by molar-refractivity contribution is 4.85. The molecule has 0 saturated carbocycles. The number of nitrogens with zero attached hydrogens (tertiary/aromatic N) is 1. The van der Waals surface area contributed by atoms with Gasteiger partial charge in [0.1, 0.15) is 0 Å². The molecule has 1 aliphatic rings. The SMILES string of the molecule is C[C](C)CN1CC[C@@H](CO)C1. The van der Waals surface area contributed by atoms with Gasteiger partial charge in [0.15, 0.2) is 0 Å². The predicted molar refractivity (Wildman–Crippen MR) is 46.2 cm³/mol. The third kappa shape index (κ3) is 2.80. The fourth-order valence-electron chi connectivity index (χ4n) is 1.65. The third-order valence-electron chi connectivity index (χ3n) is 2.17. The molecule has 1 aliphatic heterocycles. The summed E-state index contributed by atoms with van der Waals surface area (Å²) in [4.78, 5) is 2.41. The van der Waals surface area contributed by atoms with Crippen LogP contribution in [-0.4, -0.2) is 36.2 Å². The maximum atomic E-state index is 8.88. The average Bonchev–Trinajstić information content (AvgIpc) is 2.34. The fourth-order valence-corrected chi connectivity index (χ4v) is 1.65. The summed E-state index contributed by atoms with van der Waals surface area (Å²) in [6.07, 6.45) is 1.17. The molecule has 2 heteroatoms. The Morgan fingerprint density at radius 3 is 2.73 bits per heavy atom. The summed E-state index contributed by atoms with van der Waals surface area (Å²) in [7, 11) is 0. The van der Waals surface area contributed by atoms with Crippen molar-refractivity contribution in [1.82, 2.24) is 4.90 Å². The van der Waals surface area contributed by atoms with Gasteiger partial charge in [-0.3, -0.25) is 0 Å². The Kier molecular flexibility index (Phi) is 3.34. The molecule has 0 unspecified atom stereocenters. The molecule has 1 radical (unpaired) electrons. The lowest BCUT2D eigenvalue weighted by atomic mass is 10.1. The second-order valence-electron chi connectivity index (χ2n) is 3.78. The Hall–Kier alpha value is -0.0800. The van der Waals surface area contributed by atoms with Crippen molar-refractivity contribution in [1.29, 1.82) is 0 Å². The van der Waals surface area contributed by atoms with Crippen LogP contribution in [0.25, 0.3) is 0 Å². The highest BCUT2D eigenvalue weighted by atomic mass is 16.3. The minimum Gasteiger partial charge on any atom is -0.396 e. The Balaban J connectivity index is 2.19. The number of likely N-dealkylation sites (tertiary alicyclic amines) is 1. The fraction of sp³-hybridized carbons (Fsp3) is 0.889. The molecule has 1 saturated heterocycles. The Bertz CT molecular complexity index is 114. The normalized spacial score (nSPS) is 26.7. The first-order valence-corrected chi connectivity index (χ1v) is 4.34. The summed E-state index contributed by atoms with van der Waals surface area (Å²) < 4.78 is 0. The van der Waals surface area contributed by atoms with Crippen molar-refractivity contribution < 1.29 is 5.11 Å².